The minimum Gasteiger partial charge on any atom is -0.550 e. The smallest absolute Gasteiger partial charge is 0.550 e. The zero-order valence-corrected chi connectivity index (χ0v) is 26.9. The minimum absolute atomic E-state index is 0. The summed E-state index contributed by atoms with van der Waals surface area (Å²) in [5.41, 5.74) is 6.49. The fourth-order valence-corrected chi connectivity index (χ4v) is 7.64. The Kier molecular flexibility index (Phi) is 9.38. The van der Waals surface area contributed by atoms with Gasteiger partial charge in [-0.05, 0) is 78.8 Å². The summed E-state index contributed by atoms with van der Waals surface area (Å²) in [4.78, 5) is 14.9. The predicted molar refractivity (Wildman–Crippen MR) is 161 cm³/mol. The van der Waals surface area contributed by atoms with Gasteiger partial charge in [-0.1, -0.05) is 42.0 Å². The number of thioether (sulfide) groups is 1. The summed E-state index contributed by atoms with van der Waals surface area (Å²) < 4.78 is 3.00. The molecule has 200 valence electrons. The zero-order chi connectivity index (χ0) is 27.6. The number of carboxylic acids is 1. The third-order valence-corrected chi connectivity index (χ3v) is 9.77. The molecule has 1 fully saturated rings. The first-order valence-corrected chi connectivity index (χ1v) is 15.6. The van der Waals surface area contributed by atoms with Crippen LogP contribution in [-0.2, 0) is 11.3 Å². The van der Waals surface area contributed by atoms with Gasteiger partial charge in [0, 0.05) is 52.8 Å². The van der Waals surface area contributed by atoms with Gasteiger partial charge in [-0.3, -0.25) is 0 Å². The first kappa shape index (κ1) is 29.6. The van der Waals surface area contributed by atoms with E-state index in [0.29, 0.717) is 24.1 Å². The standard InChI is InChI=1S/C33H29N3O2S2.Na/c1-39-25-14-12-24(13-15-25)36-28-7-4-5-26(28)27-19-22(11-16-29(27)36)9-10-23(21-34)20-32-35(18-17-33(37)38)30-6-2-3-8-31(30)40-32;/h2-3,6,8-16,19-20,26,28H,4-5,7,17-18H2,1H3;/q;+1. The number of nitrogens with zero attached hydrogens (tertiary/aromatic N) is 3. The van der Waals surface area contributed by atoms with Gasteiger partial charge in [0.25, 0.3) is 5.01 Å². The number of carboxylic acid groups (broad SMARTS) is 1. The molecule has 2 aliphatic rings. The molecule has 2 atom stereocenters. The van der Waals surface area contributed by atoms with E-state index >= 15 is 0 Å². The Morgan fingerprint density at radius 1 is 1.17 bits per heavy atom. The molecule has 8 heteroatoms. The monoisotopic (exact) mass is 586 g/mol. The van der Waals surface area contributed by atoms with Crippen molar-refractivity contribution in [2.24, 2.45) is 0 Å². The van der Waals surface area contributed by atoms with Crippen molar-refractivity contribution in [1.82, 2.24) is 0 Å². The number of aryl methyl sites for hydroxylation is 1. The van der Waals surface area contributed by atoms with Gasteiger partial charge in [0.05, 0.1) is 11.6 Å². The van der Waals surface area contributed by atoms with Crippen LogP contribution >= 0.6 is 23.1 Å². The van der Waals surface area contributed by atoms with E-state index in [1.807, 2.05) is 47.1 Å². The van der Waals surface area contributed by atoms with E-state index in [1.165, 1.54) is 41.1 Å². The molecule has 5 nitrogen and oxygen atoms in total. The van der Waals surface area contributed by atoms with Gasteiger partial charge in [-0.15, -0.1) is 11.8 Å². The van der Waals surface area contributed by atoms with Crippen LogP contribution in [0.1, 0.15) is 47.7 Å². The molecule has 4 aromatic rings. The third-order valence-electron chi connectivity index (χ3n) is 7.91. The molecule has 2 unspecified atom stereocenters. The van der Waals surface area contributed by atoms with Crippen LogP contribution in [0, 0.1) is 11.3 Å². The maximum atomic E-state index is 11.2. The number of hydrogen-bond acceptors (Lipinski definition) is 6. The van der Waals surface area contributed by atoms with Crippen LogP contribution in [0.3, 0.4) is 0 Å². The average molecular weight is 587 g/mol. The number of benzene rings is 3. The van der Waals surface area contributed by atoms with Gasteiger partial charge >= 0.3 is 29.6 Å². The van der Waals surface area contributed by atoms with E-state index in [1.54, 1.807) is 23.1 Å². The molecule has 2 heterocycles. The van der Waals surface area contributed by atoms with Gasteiger partial charge in [0.2, 0.25) is 5.52 Å². The van der Waals surface area contributed by atoms with Crippen LogP contribution in [0.2, 0.25) is 0 Å². The van der Waals surface area contributed by atoms with Crippen LogP contribution in [0.25, 0.3) is 22.4 Å². The first-order chi connectivity index (χ1) is 19.6. The average Bonchev–Trinajstić information content (AvgIpc) is 3.66. The first-order valence-electron chi connectivity index (χ1n) is 13.5. The molecule has 0 amide bonds. The van der Waals surface area contributed by atoms with Gasteiger partial charge in [-0.2, -0.15) is 9.83 Å². The van der Waals surface area contributed by atoms with Crippen molar-refractivity contribution in [3.8, 4) is 6.07 Å². The van der Waals surface area contributed by atoms with Gasteiger partial charge in [-0.25, -0.2) is 0 Å². The molecule has 0 bridgehead atoms. The van der Waals surface area contributed by atoms with E-state index in [0.717, 1.165) is 20.8 Å². The second-order valence-corrected chi connectivity index (χ2v) is 12.2. The number of thiazole rings is 1. The third kappa shape index (κ3) is 6.04. The number of aromatic nitrogens is 1. The number of carbonyl (C=O) groups excluding carboxylic acids is 1. The molecule has 1 aliphatic heterocycles. The topological polar surface area (TPSA) is 71.0 Å². The number of aliphatic carboxylic acids is 1. The number of anilines is 2. The number of nitriles is 1. The van der Waals surface area contributed by atoms with Crippen LogP contribution in [0.15, 0.2) is 83.3 Å². The quantitative estimate of drug-likeness (QED) is 0.104. The summed E-state index contributed by atoms with van der Waals surface area (Å²) in [6, 6.07) is 26.2. The van der Waals surface area contributed by atoms with Crippen molar-refractivity contribution in [1.29, 1.82) is 5.26 Å². The van der Waals surface area contributed by atoms with Crippen molar-refractivity contribution >= 4 is 62.8 Å². The van der Waals surface area contributed by atoms with Crippen molar-refractivity contribution in [2.75, 3.05) is 11.2 Å². The summed E-state index contributed by atoms with van der Waals surface area (Å²) in [6.07, 6.45) is 11.4. The van der Waals surface area contributed by atoms with E-state index < -0.39 is 5.97 Å². The van der Waals surface area contributed by atoms with Gasteiger partial charge < -0.3 is 14.8 Å². The minimum atomic E-state index is -1.09. The second kappa shape index (κ2) is 13.0. The van der Waals surface area contributed by atoms with Crippen LogP contribution in [0.4, 0.5) is 11.4 Å². The molecule has 41 heavy (non-hydrogen) atoms. The number of fused-ring (bicyclic) bond motifs is 4. The number of allylic oxidation sites excluding steroid dienone is 2. The predicted octanol–water partition coefficient (Wildman–Crippen LogP) is 3.46. The number of para-hydroxylation sites is 1. The Hall–Kier alpha value is -2.86. The Labute approximate surface area is 271 Å². The Morgan fingerprint density at radius 3 is 2.73 bits per heavy atom. The fraction of sp³-hybridized carbons (Fsp3) is 0.242. The molecular formula is C33H29N3NaO2S2+. The summed E-state index contributed by atoms with van der Waals surface area (Å²) in [5, 5.41) is 21.9. The molecule has 6 rings (SSSR count). The molecule has 0 saturated heterocycles. The maximum Gasteiger partial charge on any atom is 1.00 e. The SMILES string of the molecule is CSc1ccc(N2c3ccc(/C=C\C(C#N)=C\c4sc5ccccc5[n+]4CCC(=O)[O-])cc3C3CCCC32)cc1.[Na+]. The van der Waals surface area contributed by atoms with E-state index in [-0.39, 0.29) is 36.0 Å². The zero-order valence-electron chi connectivity index (χ0n) is 23.2. The van der Waals surface area contributed by atoms with E-state index in [9.17, 15) is 15.2 Å². The van der Waals surface area contributed by atoms with Crippen LogP contribution < -0.4 is 44.1 Å². The Balaban J connectivity index is 0.00000337. The van der Waals surface area contributed by atoms with Crippen molar-refractivity contribution in [2.45, 2.75) is 49.1 Å². The second-order valence-electron chi connectivity index (χ2n) is 10.2. The summed E-state index contributed by atoms with van der Waals surface area (Å²) >= 11 is 3.31. The normalized spacial score (nSPS) is 17.9. The fourth-order valence-electron chi connectivity index (χ4n) is 6.09. The molecule has 3 aromatic carbocycles. The van der Waals surface area contributed by atoms with Crippen molar-refractivity contribution in [3.63, 3.8) is 0 Å². The molecule has 0 spiro atoms. The van der Waals surface area contributed by atoms with Gasteiger partial charge in [0.1, 0.15) is 4.70 Å². The summed E-state index contributed by atoms with van der Waals surface area (Å²) in [6.45, 7) is 0.296. The summed E-state index contributed by atoms with van der Waals surface area (Å²) in [7, 11) is 0. The molecule has 1 saturated carbocycles. The number of hydrogen-bond donors (Lipinski definition) is 0. The molecule has 1 aromatic heterocycles. The molecular weight excluding hydrogens is 558 g/mol. The number of carbonyl (C=O) groups is 1. The van der Waals surface area contributed by atoms with Gasteiger partial charge in [0.15, 0.2) is 6.54 Å². The largest absolute Gasteiger partial charge is 1.00 e. The molecule has 0 N–H and O–H groups in total. The van der Waals surface area contributed by atoms with E-state index in [4.69, 9.17) is 0 Å². The Bertz CT molecular complexity index is 1690. The van der Waals surface area contributed by atoms with Crippen LogP contribution in [-0.4, -0.2) is 18.3 Å². The van der Waals surface area contributed by atoms with E-state index in [2.05, 4.69) is 59.7 Å². The molecule has 0 radical (unpaired) electrons. The van der Waals surface area contributed by atoms with Crippen molar-refractivity contribution < 1.29 is 44.0 Å². The maximum absolute atomic E-state index is 11.2. The summed E-state index contributed by atoms with van der Waals surface area (Å²) in [5.74, 6) is -0.564. The Morgan fingerprint density at radius 2 is 1.98 bits per heavy atom. The van der Waals surface area contributed by atoms with Crippen LogP contribution in [0.5, 0.6) is 0 Å². The molecule has 1 aliphatic carbocycles. The van der Waals surface area contributed by atoms with Crippen molar-refractivity contribution in [3.05, 3.63) is 94.5 Å². The number of rotatable bonds is 8.